The van der Waals surface area contributed by atoms with Crippen LogP contribution in [0.2, 0.25) is 0 Å². The predicted octanol–water partition coefficient (Wildman–Crippen LogP) is 1.48. The SMILES string of the molecule is CCc1nc(C2COCCO2)nc(NC)c1C. The second kappa shape index (κ2) is 5.42. The fourth-order valence-corrected chi connectivity index (χ4v) is 1.95. The van der Waals surface area contributed by atoms with Crippen molar-refractivity contribution in [2.75, 3.05) is 32.2 Å². The normalized spacial score (nSPS) is 20.3. The molecule has 0 aromatic carbocycles. The van der Waals surface area contributed by atoms with Gasteiger partial charge in [-0.2, -0.15) is 0 Å². The van der Waals surface area contributed by atoms with E-state index in [0.717, 1.165) is 29.3 Å². The van der Waals surface area contributed by atoms with Crippen LogP contribution in [-0.2, 0) is 15.9 Å². The summed E-state index contributed by atoms with van der Waals surface area (Å²) in [6.07, 6.45) is 0.755. The van der Waals surface area contributed by atoms with Crippen LogP contribution in [0.1, 0.15) is 30.1 Å². The lowest BCUT2D eigenvalue weighted by atomic mass is 10.2. The van der Waals surface area contributed by atoms with Crippen LogP contribution in [-0.4, -0.2) is 36.8 Å². The van der Waals surface area contributed by atoms with Gasteiger partial charge in [-0.15, -0.1) is 0 Å². The van der Waals surface area contributed by atoms with Crippen LogP contribution in [0.25, 0.3) is 0 Å². The number of aromatic nitrogens is 2. The van der Waals surface area contributed by atoms with Gasteiger partial charge in [0, 0.05) is 18.3 Å². The molecule has 2 rings (SSSR count). The maximum Gasteiger partial charge on any atom is 0.162 e. The average molecular weight is 237 g/mol. The molecule has 1 unspecified atom stereocenters. The lowest BCUT2D eigenvalue weighted by Gasteiger charge is -2.23. The molecule has 1 fully saturated rings. The first-order valence-electron chi connectivity index (χ1n) is 6.00. The maximum atomic E-state index is 5.63. The molecule has 17 heavy (non-hydrogen) atoms. The predicted molar refractivity (Wildman–Crippen MR) is 65.2 cm³/mol. The van der Waals surface area contributed by atoms with Gasteiger partial charge in [0.1, 0.15) is 11.9 Å². The van der Waals surface area contributed by atoms with Crippen LogP contribution in [0.15, 0.2) is 0 Å². The highest BCUT2D eigenvalue weighted by atomic mass is 16.6. The van der Waals surface area contributed by atoms with E-state index >= 15 is 0 Å². The summed E-state index contributed by atoms with van der Waals surface area (Å²) in [5.74, 6) is 1.59. The van der Waals surface area contributed by atoms with Gasteiger partial charge in [0.05, 0.1) is 19.8 Å². The van der Waals surface area contributed by atoms with Gasteiger partial charge in [0.25, 0.3) is 0 Å². The highest BCUT2D eigenvalue weighted by Gasteiger charge is 2.21. The molecular formula is C12H19N3O2. The van der Waals surface area contributed by atoms with Gasteiger partial charge in [-0.05, 0) is 13.3 Å². The number of hydrogen-bond donors (Lipinski definition) is 1. The van der Waals surface area contributed by atoms with E-state index in [1.807, 2.05) is 14.0 Å². The average Bonchev–Trinajstić information content (AvgIpc) is 2.40. The Balaban J connectivity index is 2.33. The van der Waals surface area contributed by atoms with Crippen LogP contribution in [0.4, 0.5) is 5.82 Å². The second-order valence-electron chi connectivity index (χ2n) is 4.04. The zero-order valence-corrected chi connectivity index (χ0v) is 10.6. The summed E-state index contributed by atoms with van der Waals surface area (Å²) in [5.41, 5.74) is 2.17. The molecule has 1 aromatic heterocycles. The first-order chi connectivity index (χ1) is 8.26. The number of nitrogens with one attached hydrogen (secondary N) is 1. The van der Waals surface area contributed by atoms with Gasteiger partial charge in [-0.1, -0.05) is 6.92 Å². The smallest absolute Gasteiger partial charge is 0.162 e. The molecule has 1 aliphatic rings. The molecular weight excluding hydrogens is 218 g/mol. The number of anilines is 1. The van der Waals surface area contributed by atoms with Crippen LogP contribution in [0, 0.1) is 6.92 Å². The first kappa shape index (κ1) is 12.3. The lowest BCUT2D eigenvalue weighted by Crippen LogP contribution is -2.24. The molecule has 1 aliphatic heterocycles. The number of hydrogen-bond acceptors (Lipinski definition) is 5. The standard InChI is InChI=1S/C12H19N3O2/c1-4-9-8(2)11(13-3)15-12(14-9)10-7-16-5-6-17-10/h10H,4-7H2,1-3H3,(H,13,14,15). The number of aryl methyl sites for hydroxylation is 1. The maximum absolute atomic E-state index is 5.63. The third kappa shape index (κ3) is 2.56. The Kier molecular flexibility index (Phi) is 3.91. The van der Waals surface area contributed by atoms with Gasteiger partial charge < -0.3 is 14.8 Å². The highest BCUT2D eigenvalue weighted by molar-refractivity contribution is 5.45. The zero-order chi connectivity index (χ0) is 12.3. The van der Waals surface area contributed by atoms with E-state index in [9.17, 15) is 0 Å². The molecule has 0 bridgehead atoms. The van der Waals surface area contributed by atoms with E-state index in [4.69, 9.17) is 9.47 Å². The van der Waals surface area contributed by atoms with E-state index < -0.39 is 0 Å². The van der Waals surface area contributed by atoms with Crippen molar-refractivity contribution in [1.29, 1.82) is 0 Å². The largest absolute Gasteiger partial charge is 0.376 e. The molecule has 5 nitrogen and oxygen atoms in total. The van der Waals surface area contributed by atoms with Gasteiger partial charge in [-0.3, -0.25) is 0 Å². The molecule has 0 aliphatic carbocycles. The molecule has 1 atom stereocenters. The molecule has 1 saturated heterocycles. The Morgan fingerprint density at radius 3 is 2.76 bits per heavy atom. The third-order valence-electron chi connectivity index (χ3n) is 2.94. The third-order valence-corrected chi connectivity index (χ3v) is 2.94. The lowest BCUT2D eigenvalue weighted by molar-refractivity contribution is -0.0935. The number of rotatable bonds is 3. The molecule has 1 N–H and O–H groups in total. The number of nitrogens with zero attached hydrogens (tertiary/aromatic N) is 2. The summed E-state index contributed by atoms with van der Waals surface area (Å²) < 4.78 is 11.0. The zero-order valence-electron chi connectivity index (χ0n) is 10.6. The quantitative estimate of drug-likeness (QED) is 0.863. The van der Waals surface area contributed by atoms with E-state index in [2.05, 4.69) is 22.2 Å². The summed E-state index contributed by atoms with van der Waals surface area (Å²) in [5, 5.41) is 3.10. The van der Waals surface area contributed by atoms with Crippen LogP contribution < -0.4 is 5.32 Å². The molecule has 1 aromatic rings. The summed E-state index contributed by atoms with van der Waals surface area (Å²) in [6.45, 7) is 5.93. The van der Waals surface area contributed by atoms with E-state index in [1.54, 1.807) is 0 Å². The van der Waals surface area contributed by atoms with E-state index in [-0.39, 0.29) is 6.10 Å². The Morgan fingerprint density at radius 1 is 1.35 bits per heavy atom. The monoisotopic (exact) mass is 237 g/mol. The Bertz CT molecular complexity index is 364. The molecule has 0 amide bonds. The van der Waals surface area contributed by atoms with E-state index in [1.165, 1.54) is 0 Å². The summed E-state index contributed by atoms with van der Waals surface area (Å²) in [6, 6.07) is 0. The van der Waals surface area contributed by atoms with Crippen molar-refractivity contribution >= 4 is 5.82 Å². The van der Waals surface area contributed by atoms with Crippen molar-refractivity contribution in [2.24, 2.45) is 0 Å². The Hall–Kier alpha value is -1.20. The van der Waals surface area contributed by atoms with Crippen molar-refractivity contribution < 1.29 is 9.47 Å². The van der Waals surface area contributed by atoms with Crippen LogP contribution >= 0.6 is 0 Å². The van der Waals surface area contributed by atoms with Gasteiger partial charge in [0.2, 0.25) is 0 Å². The van der Waals surface area contributed by atoms with Crippen molar-refractivity contribution in [2.45, 2.75) is 26.4 Å². The minimum atomic E-state index is -0.137. The van der Waals surface area contributed by atoms with Gasteiger partial charge >= 0.3 is 0 Å². The first-order valence-corrected chi connectivity index (χ1v) is 6.00. The molecule has 5 heteroatoms. The molecule has 0 spiro atoms. The second-order valence-corrected chi connectivity index (χ2v) is 4.04. The Morgan fingerprint density at radius 2 is 2.18 bits per heavy atom. The Labute approximate surface area is 102 Å². The van der Waals surface area contributed by atoms with Crippen molar-refractivity contribution in [3.05, 3.63) is 17.1 Å². The fourth-order valence-electron chi connectivity index (χ4n) is 1.95. The minimum Gasteiger partial charge on any atom is -0.376 e. The van der Waals surface area contributed by atoms with Crippen LogP contribution in [0.3, 0.4) is 0 Å². The van der Waals surface area contributed by atoms with Crippen molar-refractivity contribution in [3.8, 4) is 0 Å². The summed E-state index contributed by atoms with van der Waals surface area (Å²) in [4.78, 5) is 9.06. The fraction of sp³-hybridized carbons (Fsp3) is 0.667. The van der Waals surface area contributed by atoms with Gasteiger partial charge in [0.15, 0.2) is 5.82 Å². The molecule has 2 heterocycles. The highest BCUT2D eigenvalue weighted by Crippen LogP contribution is 2.22. The summed E-state index contributed by atoms with van der Waals surface area (Å²) >= 11 is 0. The van der Waals surface area contributed by atoms with Crippen LogP contribution in [0.5, 0.6) is 0 Å². The molecule has 94 valence electrons. The van der Waals surface area contributed by atoms with Gasteiger partial charge in [-0.25, -0.2) is 9.97 Å². The number of ether oxygens (including phenoxy) is 2. The molecule has 0 radical (unpaired) electrons. The van der Waals surface area contributed by atoms with E-state index in [0.29, 0.717) is 19.8 Å². The summed E-state index contributed by atoms with van der Waals surface area (Å²) in [7, 11) is 1.87. The van der Waals surface area contributed by atoms with Crippen molar-refractivity contribution in [1.82, 2.24) is 9.97 Å². The molecule has 0 saturated carbocycles. The van der Waals surface area contributed by atoms with Crippen molar-refractivity contribution in [3.63, 3.8) is 0 Å². The topological polar surface area (TPSA) is 56.3 Å². The minimum absolute atomic E-state index is 0.137.